The predicted molar refractivity (Wildman–Crippen MR) is 110 cm³/mol. The monoisotopic (exact) mass is 391 g/mol. The van der Waals surface area contributed by atoms with Crippen LogP contribution in [-0.2, 0) is 20.8 Å². The van der Waals surface area contributed by atoms with Crippen molar-refractivity contribution in [1.82, 2.24) is 4.90 Å². The molecule has 0 radical (unpaired) electrons. The van der Waals surface area contributed by atoms with Crippen LogP contribution >= 0.6 is 0 Å². The van der Waals surface area contributed by atoms with E-state index >= 15 is 0 Å². The van der Waals surface area contributed by atoms with Gasteiger partial charge in [0.25, 0.3) is 5.91 Å². The summed E-state index contributed by atoms with van der Waals surface area (Å²) >= 11 is 0. The molecule has 5 heteroatoms. The number of amides is 1. The third kappa shape index (κ3) is 3.33. The Balaban J connectivity index is 1.72. The van der Waals surface area contributed by atoms with E-state index in [0.29, 0.717) is 17.7 Å². The summed E-state index contributed by atoms with van der Waals surface area (Å²) in [6.07, 6.45) is -0.469. The van der Waals surface area contributed by atoms with Crippen LogP contribution in [0, 0.1) is 0 Å². The van der Waals surface area contributed by atoms with E-state index in [1.807, 2.05) is 74.5 Å². The van der Waals surface area contributed by atoms with Gasteiger partial charge >= 0.3 is 0 Å². The average Bonchev–Trinajstić information content (AvgIpc) is 3.08. The first kappa shape index (κ1) is 19.6. The Kier molecular flexibility index (Phi) is 4.93. The second-order valence-electron chi connectivity index (χ2n) is 7.91. The summed E-state index contributed by atoms with van der Waals surface area (Å²) in [5.74, 6) is -1.15. The van der Waals surface area contributed by atoms with Crippen LogP contribution in [0.4, 0.5) is 0 Å². The molecule has 29 heavy (non-hydrogen) atoms. The lowest BCUT2D eigenvalue weighted by Crippen LogP contribution is -2.77. The number of likely N-dealkylation sites (tertiary alicyclic amines) is 1. The van der Waals surface area contributed by atoms with E-state index in [4.69, 9.17) is 9.47 Å². The maximum absolute atomic E-state index is 13.3. The number of rotatable bonds is 5. The summed E-state index contributed by atoms with van der Waals surface area (Å²) in [6, 6.07) is 18.4. The normalized spacial score (nSPS) is 28.0. The molecule has 2 aromatic carbocycles. The molecule has 2 heterocycles. The molecule has 0 spiro atoms. The van der Waals surface area contributed by atoms with Crippen molar-refractivity contribution < 1.29 is 19.4 Å². The quantitative estimate of drug-likeness (QED) is 0.628. The van der Waals surface area contributed by atoms with Crippen molar-refractivity contribution in [1.29, 1.82) is 0 Å². The number of ether oxygens (including phenoxy) is 2. The molecule has 0 unspecified atom stereocenters. The van der Waals surface area contributed by atoms with E-state index in [1.165, 1.54) is 0 Å². The van der Waals surface area contributed by atoms with Crippen molar-refractivity contribution in [2.45, 2.75) is 43.9 Å². The highest BCUT2D eigenvalue weighted by atomic mass is 16.7. The zero-order valence-electron chi connectivity index (χ0n) is 16.7. The summed E-state index contributed by atoms with van der Waals surface area (Å²) in [4.78, 5) is 14.9. The van der Waals surface area contributed by atoms with E-state index in [2.05, 4.69) is 12.3 Å². The van der Waals surface area contributed by atoms with Crippen LogP contribution in [-0.4, -0.2) is 46.1 Å². The maximum atomic E-state index is 13.3. The van der Waals surface area contributed by atoms with E-state index in [-0.39, 0.29) is 12.5 Å². The topological polar surface area (TPSA) is 59.0 Å². The molecule has 4 rings (SSSR count). The minimum Gasteiger partial charge on any atom is -0.373 e. The maximum Gasteiger partial charge on any atom is 0.262 e. The largest absolute Gasteiger partial charge is 0.373 e. The highest BCUT2D eigenvalue weighted by Crippen LogP contribution is 2.46. The fraction of sp³-hybridized carbons (Fsp3) is 0.333. The molecule has 2 aliphatic heterocycles. The first-order valence-electron chi connectivity index (χ1n) is 9.72. The SMILES string of the molecule is C=C=C(c1ccccc1)[C@]1(O)C(=O)N(Cc2ccccc2)[C@H]1[C@H]1COC(C)(C)O1. The van der Waals surface area contributed by atoms with E-state index in [9.17, 15) is 9.90 Å². The molecule has 1 N–H and O–H groups in total. The molecule has 0 saturated carbocycles. The molecule has 0 bridgehead atoms. The van der Waals surface area contributed by atoms with Gasteiger partial charge in [-0.1, -0.05) is 67.2 Å². The van der Waals surface area contributed by atoms with Gasteiger partial charge in [-0.05, 0) is 25.0 Å². The summed E-state index contributed by atoms with van der Waals surface area (Å²) in [7, 11) is 0. The van der Waals surface area contributed by atoms with Crippen molar-refractivity contribution in [3.05, 3.63) is 84.1 Å². The van der Waals surface area contributed by atoms with Crippen molar-refractivity contribution >= 4 is 11.5 Å². The van der Waals surface area contributed by atoms with E-state index in [1.54, 1.807) is 4.90 Å². The Bertz CT molecular complexity index is 949. The Morgan fingerprint density at radius 1 is 1.17 bits per heavy atom. The van der Waals surface area contributed by atoms with Gasteiger partial charge in [-0.2, -0.15) is 0 Å². The summed E-state index contributed by atoms with van der Waals surface area (Å²) in [5, 5.41) is 11.7. The molecule has 3 atom stereocenters. The second-order valence-corrected chi connectivity index (χ2v) is 7.91. The summed E-state index contributed by atoms with van der Waals surface area (Å²) < 4.78 is 11.8. The Morgan fingerprint density at radius 2 is 1.79 bits per heavy atom. The smallest absolute Gasteiger partial charge is 0.262 e. The molecule has 1 amide bonds. The van der Waals surface area contributed by atoms with Gasteiger partial charge in [0.1, 0.15) is 12.1 Å². The Hall–Kier alpha value is -2.69. The van der Waals surface area contributed by atoms with Crippen molar-refractivity contribution in [2.75, 3.05) is 6.61 Å². The number of β-lactam (4-membered cyclic amide) rings is 1. The standard InChI is InChI=1S/C24H25NO4/c1-4-19(18-13-9-6-10-14-18)24(27)21(20-16-28-23(2,3)29-20)25(22(24)26)15-17-11-7-5-8-12-17/h5-14,20-21,27H,1,15-16H2,2-3H3/t20-,21+,24-/m1/s1. The van der Waals surface area contributed by atoms with Gasteiger partial charge < -0.3 is 19.5 Å². The highest BCUT2D eigenvalue weighted by Gasteiger charge is 2.66. The van der Waals surface area contributed by atoms with E-state index < -0.39 is 23.5 Å². The third-order valence-corrected chi connectivity index (χ3v) is 5.55. The molecule has 2 aliphatic rings. The zero-order valence-corrected chi connectivity index (χ0v) is 16.7. The highest BCUT2D eigenvalue weighted by molar-refractivity contribution is 6.05. The van der Waals surface area contributed by atoms with Crippen molar-refractivity contribution in [2.24, 2.45) is 0 Å². The van der Waals surface area contributed by atoms with Crippen LogP contribution in [0.1, 0.15) is 25.0 Å². The molecular weight excluding hydrogens is 366 g/mol. The van der Waals surface area contributed by atoms with Crippen LogP contribution in [0.25, 0.3) is 5.57 Å². The Morgan fingerprint density at radius 3 is 2.34 bits per heavy atom. The predicted octanol–water partition coefficient (Wildman–Crippen LogP) is 3.15. The molecule has 0 aromatic heterocycles. The number of benzene rings is 2. The lowest BCUT2D eigenvalue weighted by molar-refractivity contribution is -0.204. The number of hydrogen-bond acceptors (Lipinski definition) is 4. The second kappa shape index (κ2) is 7.29. The fourth-order valence-corrected chi connectivity index (χ4v) is 4.24. The number of aliphatic hydroxyl groups is 1. The number of carbonyl (C=O) groups is 1. The van der Waals surface area contributed by atoms with Crippen LogP contribution in [0.5, 0.6) is 0 Å². The van der Waals surface area contributed by atoms with E-state index in [0.717, 1.165) is 5.56 Å². The van der Waals surface area contributed by atoms with Crippen molar-refractivity contribution in [3.63, 3.8) is 0 Å². The minimum atomic E-state index is -1.77. The lowest BCUT2D eigenvalue weighted by atomic mass is 9.71. The molecular formula is C24H25NO4. The number of hydrogen-bond donors (Lipinski definition) is 1. The zero-order chi connectivity index (χ0) is 20.6. The third-order valence-electron chi connectivity index (χ3n) is 5.55. The minimum absolute atomic E-state index is 0.289. The molecule has 2 fully saturated rings. The van der Waals surface area contributed by atoms with Gasteiger partial charge in [0.15, 0.2) is 11.4 Å². The molecule has 0 aliphatic carbocycles. The van der Waals surface area contributed by atoms with Gasteiger partial charge in [-0.25, -0.2) is 0 Å². The van der Waals surface area contributed by atoms with Gasteiger partial charge in [-0.15, -0.1) is 5.73 Å². The average molecular weight is 391 g/mol. The first-order chi connectivity index (χ1) is 13.9. The van der Waals surface area contributed by atoms with Crippen LogP contribution in [0.3, 0.4) is 0 Å². The number of carbonyl (C=O) groups excluding carboxylic acids is 1. The van der Waals surface area contributed by atoms with Crippen molar-refractivity contribution in [3.8, 4) is 0 Å². The van der Waals surface area contributed by atoms with Crippen LogP contribution in [0.15, 0.2) is 73.0 Å². The van der Waals surface area contributed by atoms with Crippen LogP contribution in [0.2, 0.25) is 0 Å². The molecule has 5 nitrogen and oxygen atoms in total. The first-order valence-corrected chi connectivity index (χ1v) is 9.72. The number of nitrogens with zero attached hydrogens (tertiary/aromatic N) is 1. The van der Waals surface area contributed by atoms with Gasteiger partial charge in [0.05, 0.1) is 6.61 Å². The summed E-state index contributed by atoms with van der Waals surface area (Å²) in [5.41, 5.74) is 3.11. The van der Waals surface area contributed by atoms with Crippen LogP contribution < -0.4 is 0 Å². The molecule has 150 valence electrons. The Labute approximate surface area is 170 Å². The lowest BCUT2D eigenvalue weighted by Gasteiger charge is -2.55. The van der Waals surface area contributed by atoms with Gasteiger partial charge in [-0.3, -0.25) is 4.79 Å². The fourth-order valence-electron chi connectivity index (χ4n) is 4.24. The molecule has 2 aromatic rings. The van der Waals surface area contributed by atoms with Gasteiger partial charge in [0.2, 0.25) is 0 Å². The molecule has 2 saturated heterocycles. The summed E-state index contributed by atoms with van der Waals surface area (Å²) in [6.45, 7) is 8.08. The van der Waals surface area contributed by atoms with Gasteiger partial charge in [0, 0.05) is 12.1 Å².